The third-order valence-corrected chi connectivity index (χ3v) is 9.92. The summed E-state index contributed by atoms with van der Waals surface area (Å²) in [6.07, 6.45) is 5.55. The summed E-state index contributed by atoms with van der Waals surface area (Å²) in [5, 5.41) is 0. The number of benzene rings is 5. The molecule has 0 unspecified atom stereocenters. The largest absolute Gasteiger partial charge is 0.265 e. The molecule has 0 saturated carbocycles. The molecule has 5 aromatic carbocycles. The molecule has 1 aliphatic carbocycles. The molecular formula is C46H33N5. The van der Waals surface area contributed by atoms with E-state index in [-0.39, 0.29) is 5.41 Å². The van der Waals surface area contributed by atoms with E-state index in [4.69, 9.17) is 19.9 Å². The van der Waals surface area contributed by atoms with Crippen molar-refractivity contribution in [1.82, 2.24) is 24.9 Å². The van der Waals surface area contributed by atoms with Gasteiger partial charge < -0.3 is 0 Å². The van der Waals surface area contributed by atoms with Crippen LogP contribution in [0.4, 0.5) is 0 Å². The smallest absolute Gasteiger partial charge is 0.164 e. The number of hydrogen-bond donors (Lipinski definition) is 0. The number of fused-ring (bicyclic) bond motifs is 3. The van der Waals surface area contributed by atoms with E-state index in [2.05, 4.69) is 116 Å². The predicted molar refractivity (Wildman–Crippen MR) is 206 cm³/mol. The highest BCUT2D eigenvalue weighted by Gasteiger charge is 2.36. The Kier molecular flexibility index (Phi) is 7.40. The van der Waals surface area contributed by atoms with E-state index in [1.807, 2.05) is 54.7 Å². The summed E-state index contributed by atoms with van der Waals surface area (Å²) in [6.45, 7) is 4.60. The number of hydrogen-bond acceptors (Lipinski definition) is 5. The zero-order valence-electron chi connectivity index (χ0n) is 28.3. The fraction of sp³-hybridized carbons (Fsp3) is 0.0652. The highest BCUT2D eigenvalue weighted by atomic mass is 15.0. The van der Waals surface area contributed by atoms with Gasteiger partial charge in [0.05, 0.1) is 5.69 Å². The Balaban J connectivity index is 1.12. The molecule has 0 radical (unpaired) electrons. The van der Waals surface area contributed by atoms with Crippen molar-refractivity contribution in [1.29, 1.82) is 0 Å². The number of rotatable bonds is 6. The van der Waals surface area contributed by atoms with Crippen molar-refractivity contribution in [3.63, 3.8) is 0 Å². The summed E-state index contributed by atoms with van der Waals surface area (Å²) in [5.41, 5.74) is 14.2. The molecule has 9 rings (SSSR count). The molecule has 0 spiro atoms. The first-order chi connectivity index (χ1) is 25.0. The van der Waals surface area contributed by atoms with Gasteiger partial charge in [-0.05, 0) is 69.3 Å². The van der Waals surface area contributed by atoms with Gasteiger partial charge in [0.2, 0.25) is 0 Å². The standard InChI is InChI=1S/C46H33N5/c1-46(2)40-20-17-35(42-22-19-37(29-48-42)32-23-25-47-26-24-32)27-38(40)39-28-36(18-21-41(39)46)45-50-43(33-11-7-4-8-12-33)49-44(51-45)34-15-13-31(14-16-34)30-9-5-3-6-10-30/h3-29H,1-2H3. The molecule has 3 aromatic heterocycles. The van der Waals surface area contributed by atoms with Gasteiger partial charge in [0, 0.05) is 51.8 Å². The summed E-state index contributed by atoms with van der Waals surface area (Å²) in [7, 11) is 0. The minimum absolute atomic E-state index is 0.152. The fourth-order valence-corrected chi connectivity index (χ4v) is 7.14. The highest BCUT2D eigenvalue weighted by Crippen LogP contribution is 2.50. The van der Waals surface area contributed by atoms with E-state index in [0.717, 1.165) is 44.6 Å². The van der Waals surface area contributed by atoms with Gasteiger partial charge >= 0.3 is 0 Å². The predicted octanol–water partition coefficient (Wildman–Crippen LogP) is 11.0. The van der Waals surface area contributed by atoms with E-state index in [9.17, 15) is 0 Å². The normalized spacial score (nSPS) is 12.7. The van der Waals surface area contributed by atoms with E-state index in [1.165, 1.54) is 27.8 Å². The third kappa shape index (κ3) is 5.59. The molecule has 0 saturated heterocycles. The van der Waals surface area contributed by atoms with E-state index < -0.39 is 0 Å². The first-order valence-corrected chi connectivity index (χ1v) is 17.2. The molecule has 5 heteroatoms. The molecule has 51 heavy (non-hydrogen) atoms. The van der Waals surface area contributed by atoms with E-state index >= 15 is 0 Å². The lowest BCUT2D eigenvalue weighted by Gasteiger charge is -2.21. The second-order valence-corrected chi connectivity index (χ2v) is 13.4. The van der Waals surface area contributed by atoms with Crippen LogP contribution in [-0.2, 0) is 5.41 Å². The zero-order valence-corrected chi connectivity index (χ0v) is 28.3. The van der Waals surface area contributed by atoms with Gasteiger partial charge in [0.15, 0.2) is 17.5 Å². The Labute approximate surface area is 297 Å². The molecule has 0 bridgehead atoms. The second kappa shape index (κ2) is 12.4. The summed E-state index contributed by atoms with van der Waals surface area (Å²) in [5.74, 6) is 1.93. The lowest BCUT2D eigenvalue weighted by atomic mass is 9.82. The van der Waals surface area contributed by atoms with Crippen LogP contribution >= 0.6 is 0 Å². The summed E-state index contributed by atoms with van der Waals surface area (Å²) >= 11 is 0. The molecule has 0 atom stereocenters. The molecule has 3 heterocycles. The second-order valence-electron chi connectivity index (χ2n) is 13.4. The molecule has 8 aromatic rings. The topological polar surface area (TPSA) is 64.5 Å². The number of aromatic nitrogens is 5. The first kappa shape index (κ1) is 30.5. The Bertz CT molecular complexity index is 2510. The lowest BCUT2D eigenvalue weighted by molar-refractivity contribution is 0.660. The zero-order chi connectivity index (χ0) is 34.4. The van der Waals surface area contributed by atoms with Crippen molar-refractivity contribution in [3.8, 4) is 78.8 Å². The molecule has 5 nitrogen and oxygen atoms in total. The van der Waals surface area contributed by atoms with Crippen LogP contribution in [0.3, 0.4) is 0 Å². The summed E-state index contributed by atoms with van der Waals surface area (Å²) < 4.78 is 0. The molecule has 1 aliphatic rings. The van der Waals surface area contributed by atoms with Crippen LogP contribution < -0.4 is 0 Å². The maximum absolute atomic E-state index is 5.08. The first-order valence-electron chi connectivity index (χ1n) is 17.2. The Hall–Kier alpha value is -6.59. The maximum atomic E-state index is 5.08. The molecule has 242 valence electrons. The summed E-state index contributed by atoms with van der Waals surface area (Å²) in [4.78, 5) is 24.1. The van der Waals surface area contributed by atoms with Crippen molar-refractivity contribution in [2.24, 2.45) is 0 Å². The SMILES string of the molecule is CC1(C)c2ccc(-c3ccc(-c4ccncc4)cn3)cc2-c2cc(-c3nc(-c4ccccc4)nc(-c4ccc(-c5ccccc5)cc4)n3)ccc21. The van der Waals surface area contributed by atoms with Gasteiger partial charge in [-0.15, -0.1) is 0 Å². The average Bonchev–Trinajstić information content (AvgIpc) is 3.43. The number of pyridine rings is 2. The van der Waals surface area contributed by atoms with Crippen LogP contribution in [0.2, 0.25) is 0 Å². The van der Waals surface area contributed by atoms with Crippen molar-refractivity contribution in [2.75, 3.05) is 0 Å². The fourth-order valence-electron chi connectivity index (χ4n) is 7.14. The van der Waals surface area contributed by atoms with Crippen LogP contribution in [-0.4, -0.2) is 24.9 Å². The lowest BCUT2D eigenvalue weighted by Crippen LogP contribution is -2.14. The van der Waals surface area contributed by atoms with Crippen LogP contribution in [0, 0.1) is 0 Å². The van der Waals surface area contributed by atoms with Crippen molar-refractivity contribution < 1.29 is 0 Å². The van der Waals surface area contributed by atoms with Crippen LogP contribution in [0.25, 0.3) is 78.8 Å². The maximum Gasteiger partial charge on any atom is 0.164 e. The van der Waals surface area contributed by atoms with Gasteiger partial charge in [-0.25, -0.2) is 15.0 Å². The van der Waals surface area contributed by atoms with Gasteiger partial charge in [0.1, 0.15) is 0 Å². The Morgan fingerprint density at radius 3 is 1.45 bits per heavy atom. The van der Waals surface area contributed by atoms with Gasteiger partial charge in [-0.2, -0.15) is 0 Å². The highest BCUT2D eigenvalue weighted by molar-refractivity contribution is 5.86. The van der Waals surface area contributed by atoms with Crippen molar-refractivity contribution in [3.05, 3.63) is 175 Å². The van der Waals surface area contributed by atoms with Gasteiger partial charge in [-0.3, -0.25) is 9.97 Å². The Morgan fingerprint density at radius 2 is 0.843 bits per heavy atom. The molecule has 0 amide bonds. The monoisotopic (exact) mass is 655 g/mol. The minimum atomic E-state index is -0.152. The van der Waals surface area contributed by atoms with Crippen molar-refractivity contribution >= 4 is 0 Å². The Morgan fingerprint density at radius 1 is 0.392 bits per heavy atom. The minimum Gasteiger partial charge on any atom is -0.265 e. The molecular weight excluding hydrogens is 623 g/mol. The van der Waals surface area contributed by atoms with Crippen LogP contribution in [0.15, 0.2) is 164 Å². The van der Waals surface area contributed by atoms with Crippen molar-refractivity contribution in [2.45, 2.75) is 19.3 Å². The molecule has 0 N–H and O–H groups in total. The molecule has 0 fully saturated rings. The molecule has 0 aliphatic heterocycles. The van der Waals surface area contributed by atoms with E-state index in [1.54, 1.807) is 12.4 Å². The van der Waals surface area contributed by atoms with Gasteiger partial charge in [-0.1, -0.05) is 129 Å². The third-order valence-electron chi connectivity index (χ3n) is 9.92. The van der Waals surface area contributed by atoms with E-state index in [0.29, 0.717) is 17.5 Å². The number of nitrogens with zero attached hydrogens (tertiary/aromatic N) is 5. The van der Waals surface area contributed by atoms with Crippen LogP contribution in [0.1, 0.15) is 25.0 Å². The quantitative estimate of drug-likeness (QED) is 0.178. The average molecular weight is 656 g/mol. The van der Waals surface area contributed by atoms with Gasteiger partial charge in [0.25, 0.3) is 0 Å². The summed E-state index contributed by atoms with van der Waals surface area (Å²) in [6, 6.07) is 50.6. The van der Waals surface area contributed by atoms with Crippen LogP contribution in [0.5, 0.6) is 0 Å².